The first kappa shape index (κ1) is 16.4. The van der Waals surface area contributed by atoms with E-state index in [4.69, 9.17) is 9.84 Å². The third-order valence-corrected chi connectivity index (χ3v) is 2.78. The van der Waals surface area contributed by atoms with Gasteiger partial charge in [-0.25, -0.2) is 4.79 Å². The van der Waals surface area contributed by atoms with Crippen molar-refractivity contribution in [1.82, 2.24) is 5.32 Å². The topological polar surface area (TPSA) is 119 Å². The van der Waals surface area contributed by atoms with Gasteiger partial charge in [-0.15, -0.1) is 0 Å². The maximum absolute atomic E-state index is 11.5. The summed E-state index contributed by atoms with van der Waals surface area (Å²) in [5, 5.41) is 22.3. The van der Waals surface area contributed by atoms with Crippen LogP contribution in [0.15, 0.2) is 18.2 Å². The molecule has 8 heteroatoms. The molecule has 0 radical (unpaired) electrons. The quantitative estimate of drug-likeness (QED) is 0.582. The summed E-state index contributed by atoms with van der Waals surface area (Å²) in [4.78, 5) is 32.5. The lowest BCUT2D eigenvalue weighted by atomic mass is 10.2. The summed E-state index contributed by atoms with van der Waals surface area (Å²) >= 11 is 0. The number of hydrogen-bond acceptors (Lipinski definition) is 5. The predicted molar refractivity (Wildman–Crippen MR) is 73.4 cm³/mol. The van der Waals surface area contributed by atoms with E-state index in [0.717, 1.165) is 18.6 Å². The lowest BCUT2D eigenvalue weighted by Crippen LogP contribution is -2.35. The van der Waals surface area contributed by atoms with Crippen molar-refractivity contribution >= 4 is 17.6 Å². The zero-order valence-electron chi connectivity index (χ0n) is 11.7. The summed E-state index contributed by atoms with van der Waals surface area (Å²) in [6.07, 6.45) is 0.749. The Hall–Kier alpha value is -2.64. The molecule has 0 aliphatic heterocycles. The van der Waals surface area contributed by atoms with Gasteiger partial charge in [0.1, 0.15) is 0 Å². The Morgan fingerprint density at radius 2 is 2.14 bits per heavy atom. The van der Waals surface area contributed by atoms with E-state index < -0.39 is 22.5 Å². The molecule has 0 saturated carbocycles. The van der Waals surface area contributed by atoms with Crippen molar-refractivity contribution in [2.24, 2.45) is 0 Å². The van der Waals surface area contributed by atoms with Crippen molar-refractivity contribution in [3.05, 3.63) is 33.9 Å². The lowest BCUT2D eigenvalue weighted by Gasteiger charge is -2.12. The summed E-state index contributed by atoms with van der Waals surface area (Å²) < 4.78 is 5.09. The van der Waals surface area contributed by atoms with Crippen LogP contribution in [0, 0.1) is 10.1 Å². The maximum Gasteiger partial charge on any atom is 0.335 e. The van der Waals surface area contributed by atoms with E-state index in [2.05, 4.69) is 5.32 Å². The van der Waals surface area contributed by atoms with Crippen molar-refractivity contribution in [2.45, 2.75) is 26.3 Å². The SMILES string of the molecule is CC[C@@H](C)NC(=O)COc1ccc(C(=O)O)cc1[N+](=O)[O-]. The highest BCUT2D eigenvalue weighted by Crippen LogP contribution is 2.27. The minimum Gasteiger partial charge on any atom is -0.478 e. The normalized spacial score (nSPS) is 11.5. The minimum absolute atomic E-state index is 0.0227. The summed E-state index contributed by atoms with van der Waals surface area (Å²) in [6, 6.07) is 3.21. The van der Waals surface area contributed by atoms with E-state index in [-0.39, 0.29) is 24.0 Å². The third kappa shape index (κ3) is 4.75. The predicted octanol–water partition coefficient (Wildman–Crippen LogP) is 1.59. The fourth-order valence-electron chi connectivity index (χ4n) is 1.48. The molecule has 0 spiro atoms. The van der Waals surface area contributed by atoms with Gasteiger partial charge in [0.05, 0.1) is 10.5 Å². The summed E-state index contributed by atoms with van der Waals surface area (Å²) in [5.41, 5.74) is -0.718. The third-order valence-electron chi connectivity index (χ3n) is 2.78. The number of amides is 1. The fraction of sp³-hybridized carbons (Fsp3) is 0.385. The van der Waals surface area contributed by atoms with Crippen LogP contribution in [0.2, 0.25) is 0 Å². The van der Waals surface area contributed by atoms with Crippen molar-refractivity contribution in [3.63, 3.8) is 0 Å². The van der Waals surface area contributed by atoms with Crippen molar-refractivity contribution < 1.29 is 24.4 Å². The number of hydrogen-bond donors (Lipinski definition) is 2. The van der Waals surface area contributed by atoms with Crippen LogP contribution in [0.5, 0.6) is 5.75 Å². The Kier molecular flexibility index (Phi) is 5.65. The summed E-state index contributed by atoms with van der Waals surface area (Å²) in [6.45, 7) is 3.35. The van der Waals surface area contributed by atoms with Crippen LogP contribution >= 0.6 is 0 Å². The first-order chi connectivity index (χ1) is 9.85. The molecule has 0 bridgehead atoms. The lowest BCUT2D eigenvalue weighted by molar-refractivity contribution is -0.385. The van der Waals surface area contributed by atoms with E-state index in [1.54, 1.807) is 0 Å². The van der Waals surface area contributed by atoms with Gasteiger partial charge in [-0.05, 0) is 25.5 Å². The van der Waals surface area contributed by atoms with Gasteiger partial charge in [0.25, 0.3) is 5.91 Å². The number of nitro benzene ring substituents is 1. The number of carboxylic acids is 1. The number of aromatic carboxylic acids is 1. The van der Waals surface area contributed by atoms with E-state index in [0.29, 0.717) is 0 Å². The number of carbonyl (C=O) groups excluding carboxylic acids is 1. The highest BCUT2D eigenvalue weighted by atomic mass is 16.6. The van der Waals surface area contributed by atoms with Gasteiger partial charge >= 0.3 is 11.7 Å². The molecular formula is C13H16N2O6. The largest absolute Gasteiger partial charge is 0.478 e. The summed E-state index contributed by atoms with van der Waals surface area (Å²) in [5.74, 6) is -1.83. The monoisotopic (exact) mass is 296 g/mol. The molecule has 21 heavy (non-hydrogen) atoms. The Morgan fingerprint density at radius 3 is 2.67 bits per heavy atom. The molecule has 1 aromatic rings. The molecule has 1 atom stereocenters. The minimum atomic E-state index is -1.28. The Balaban J connectivity index is 2.81. The van der Waals surface area contributed by atoms with Crippen LogP contribution in [0.25, 0.3) is 0 Å². The molecule has 0 unspecified atom stereocenters. The number of nitrogens with one attached hydrogen (secondary N) is 1. The molecule has 0 heterocycles. The zero-order chi connectivity index (χ0) is 16.0. The highest BCUT2D eigenvalue weighted by molar-refractivity contribution is 5.89. The van der Waals surface area contributed by atoms with Crippen molar-refractivity contribution in [3.8, 4) is 5.75 Å². The fourth-order valence-corrected chi connectivity index (χ4v) is 1.48. The number of nitro groups is 1. The smallest absolute Gasteiger partial charge is 0.335 e. The maximum atomic E-state index is 11.5. The van der Waals surface area contributed by atoms with Crippen LogP contribution in [0.1, 0.15) is 30.6 Å². The van der Waals surface area contributed by atoms with Crippen LogP contribution in [0.3, 0.4) is 0 Å². The molecule has 1 aromatic carbocycles. The van der Waals surface area contributed by atoms with Crippen LogP contribution in [-0.2, 0) is 4.79 Å². The van der Waals surface area contributed by atoms with Crippen LogP contribution < -0.4 is 10.1 Å². The average Bonchev–Trinajstić information content (AvgIpc) is 2.44. The number of benzene rings is 1. The molecule has 8 nitrogen and oxygen atoms in total. The Labute approximate surface area is 120 Å². The molecule has 114 valence electrons. The van der Waals surface area contributed by atoms with Crippen molar-refractivity contribution in [1.29, 1.82) is 0 Å². The van der Waals surface area contributed by atoms with E-state index >= 15 is 0 Å². The number of carbonyl (C=O) groups is 2. The highest BCUT2D eigenvalue weighted by Gasteiger charge is 2.19. The molecular weight excluding hydrogens is 280 g/mol. The van der Waals surface area contributed by atoms with Gasteiger partial charge in [-0.2, -0.15) is 0 Å². The molecule has 0 aliphatic carbocycles. The molecule has 0 aliphatic rings. The van der Waals surface area contributed by atoms with Crippen molar-refractivity contribution in [2.75, 3.05) is 6.61 Å². The zero-order valence-corrected chi connectivity index (χ0v) is 11.7. The van der Waals surface area contributed by atoms with Gasteiger partial charge in [0.15, 0.2) is 12.4 Å². The van der Waals surface area contributed by atoms with Gasteiger partial charge in [0, 0.05) is 12.1 Å². The standard InChI is InChI=1S/C13H16N2O6/c1-3-8(2)14-12(16)7-21-11-5-4-9(13(17)18)6-10(11)15(19)20/h4-6,8H,3,7H2,1-2H3,(H,14,16)(H,17,18)/t8-/m1/s1. The Bertz CT molecular complexity index is 558. The second kappa shape index (κ2) is 7.22. The molecule has 1 amide bonds. The second-order valence-electron chi connectivity index (χ2n) is 4.41. The van der Waals surface area contributed by atoms with Gasteiger partial charge < -0.3 is 15.2 Å². The van der Waals surface area contributed by atoms with Gasteiger partial charge in [0.2, 0.25) is 0 Å². The van der Waals surface area contributed by atoms with E-state index in [1.807, 2.05) is 13.8 Å². The molecule has 2 N–H and O–H groups in total. The number of rotatable bonds is 7. The number of nitrogens with zero attached hydrogens (tertiary/aromatic N) is 1. The average molecular weight is 296 g/mol. The summed E-state index contributed by atoms with van der Waals surface area (Å²) in [7, 11) is 0. The van der Waals surface area contributed by atoms with E-state index in [9.17, 15) is 19.7 Å². The van der Waals surface area contributed by atoms with E-state index in [1.165, 1.54) is 6.07 Å². The molecule has 1 rings (SSSR count). The van der Waals surface area contributed by atoms with Gasteiger partial charge in [-0.3, -0.25) is 14.9 Å². The van der Waals surface area contributed by atoms with Gasteiger partial charge in [-0.1, -0.05) is 6.92 Å². The molecule has 0 fully saturated rings. The first-order valence-corrected chi connectivity index (χ1v) is 6.29. The van der Waals surface area contributed by atoms with Crippen LogP contribution in [0.4, 0.5) is 5.69 Å². The molecule has 0 aromatic heterocycles. The van der Waals surface area contributed by atoms with Crippen LogP contribution in [-0.4, -0.2) is 34.6 Å². The number of ether oxygens (including phenoxy) is 1. The number of carboxylic acid groups (broad SMARTS) is 1. The molecule has 0 saturated heterocycles. The Morgan fingerprint density at radius 1 is 1.48 bits per heavy atom. The second-order valence-corrected chi connectivity index (χ2v) is 4.41. The first-order valence-electron chi connectivity index (χ1n) is 6.29.